The van der Waals surface area contributed by atoms with Crippen LogP contribution in [0.25, 0.3) is 10.9 Å². The second-order valence-electron chi connectivity index (χ2n) is 12.5. The van der Waals surface area contributed by atoms with Crippen molar-refractivity contribution in [1.29, 1.82) is 0 Å². The van der Waals surface area contributed by atoms with Gasteiger partial charge in [-0.1, -0.05) is 18.9 Å². The number of aromatic nitrogens is 1. The molecule has 18 nitrogen and oxygen atoms in total. The molecule has 1 saturated carbocycles. The number of carboxylic acids is 5. The average molecular weight is 831 g/mol. The number of hydrogen-bond acceptors (Lipinski definition) is 11. The molecule has 6 N–H and O–H groups in total. The Hall–Kier alpha value is -4.18. The van der Waals surface area contributed by atoms with Gasteiger partial charge in [0.25, 0.3) is 5.56 Å². The molecule has 0 unspecified atom stereocenters. The van der Waals surface area contributed by atoms with E-state index in [1.54, 1.807) is 34.9 Å². The molecule has 0 saturated heterocycles. The van der Waals surface area contributed by atoms with Crippen LogP contribution in [0.4, 0.5) is 5.69 Å². The van der Waals surface area contributed by atoms with Gasteiger partial charge < -0.3 is 30.8 Å². The predicted octanol–water partition coefficient (Wildman–Crippen LogP) is 0.389. The number of nitrogens with one attached hydrogen (secondary N) is 1. The first kappa shape index (κ1) is 41.2. The average Bonchev–Trinajstić information content (AvgIpc) is 3.02. The van der Waals surface area contributed by atoms with Crippen molar-refractivity contribution in [2.45, 2.75) is 44.7 Å². The summed E-state index contributed by atoms with van der Waals surface area (Å²) in [5.41, 5.74) is 1.53. The first-order valence-corrected chi connectivity index (χ1v) is 17.1. The number of pyridine rings is 1. The largest absolute Gasteiger partial charge is 0.480 e. The third-order valence-corrected chi connectivity index (χ3v) is 9.61. The standard InChI is InChI=1S/C32H43IN6O12/c1-20-12-27(41)39(33)25-13-21(6-7-22(20)25)34-26(40)14-37(10-8-35(15-28(42)43)16-29(44)45)23-4-2-3-5-24(23)38(19-32(50)51)11-9-36(17-30(46)47)18-31(48)49/h6-7,12-13,23-24H,2-5,8-11,14-19H2,1H3,(H,34,40)(H,42,43)(H,44,45)(H,46,47)(H,48,49)(H,50,51)/t23-,24-/m0/s1. The van der Waals surface area contributed by atoms with Crippen molar-refractivity contribution in [3.63, 3.8) is 0 Å². The van der Waals surface area contributed by atoms with E-state index in [1.165, 1.54) is 18.6 Å². The quantitative estimate of drug-likeness (QED) is 0.0932. The van der Waals surface area contributed by atoms with Gasteiger partial charge in [0.2, 0.25) is 5.91 Å². The van der Waals surface area contributed by atoms with E-state index in [0.29, 0.717) is 30.5 Å². The van der Waals surface area contributed by atoms with Gasteiger partial charge in [-0.15, -0.1) is 0 Å². The molecule has 51 heavy (non-hydrogen) atoms. The molecule has 1 amide bonds. The Kier molecular flexibility index (Phi) is 15.7. The number of anilines is 1. The van der Waals surface area contributed by atoms with Gasteiger partial charge in [0, 0.05) is 55.4 Å². The van der Waals surface area contributed by atoms with E-state index in [-0.39, 0.29) is 38.3 Å². The van der Waals surface area contributed by atoms with Crippen LogP contribution < -0.4 is 10.9 Å². The third-order valence-electron chi connectivity index (χ3n) is 8.61. The molecule has 1 aromatic heterocycles. The van der Waals surface area contributed by atoms with Crippen LogP contribution in [0.15, 0.2) is 29.1 Å². The number of aliphatic carboxylic acids is 5. The maximum atomic E-state index is 13.6. The van der Waals surface area contributed by atoms with Crippen molar-refractivity contribution in [2.75, 3.05) is 70.8 Å². The summed E-state index contributed by atoms with van der Waals surface area (Å²) < 4.78 is 1.43. The van der Waals surface area contributed by atoms with E-state index in [4.69, 9.17) is 0 Å². The molecular weight excluding hydrogens is 787 g/mol. The predicted molar refractivity (Wildman–Crippen MR) is 191 cm³/mol. The van der Waals surface area contributed by atoms with E-state index >= 15 is 0 Å². The maximum Gasteiger partial charge on any atom is 0.317 e. The molecule has 1 heterocycles. The van der Waals surface area contributed by atoms with E-state index in [1.807, 2.05) is 22.9 Å². The second kappa shape index (κ2) is 19.4. The molecule has 1 aromatic carbocycles. The third kappa shape index (κ3) is 13.1. The fourth-order valence-electron chi connectivity index (χ4n) is 6.50. The van der Waals surface area contributed by atoms with Gasteiger partial charge in [-0.25, -0.2) is 2.78 Å². The lowest BCUT2D eigenvalue weighted by Crippen LogP contribution is -2.58. The van der Waals surface area contributed by atoms with E-state index in [0.717, 1.165) is 17.4 Å². The fraction of sp³-hybridized carbons (Fsp3) is 0.531. The minimum atomic E-state index is -1.25. The smallest absolute Gasteiger partial charge is 0.317 e. The van der Waals surface area contributed by atoms with Crippen LogP contribution >= 0.6 is 22.9 Å². The summed E-state index contributed by atoms with van der Waals surface area (Å²) in [5.74, 6) is -6.60. The zero-order chi connectivity index (χ0) is 37.8. The number of hydrogen-bond donors (Lipinski definition) is 6. The lowest BCUT2D eigenvalue weighted by molar-refractivity contribution is -0.144. The van der Waals surface area contributed by atoms with Gasteiger partial charge in [-0.05, 0) is 37.5 Å². The van der Waals surface area contributed by atoms with Crippen LogP contribution in [0, 0.1) is 6.92 Å². The molecule has 1 aliphatic rings. The molecule has 0 spiro atoms. The van der Waals surface area contributed by atoms with E-state index < -0.39 is 80.6 Å². The first-order chi connectivity index (χ1) is 24.0. The fourth-order valence-corrected chi connectivity index (χ4v) is 7.04. The normalized spacial score (nSPS) is 16.2. The Balaban J connectivity index is 1.93. The summed E-state index contributed by atoms with van der Waals surface area (Å²) in [6, 6.07) is 5.69. The van der Waals surface area contributed by atoms with Gasteiger partial charge in [-0.2, -0.15) is 0 Å². The van der Waals surface area contributed by atoms with E-state index in [9.17, 15) is 59.1 Å². The Morgan fingerprint density at radius 3 is 1.61 bits per heavy atom. The number of halogens is 1. The summed E-state index contributed by atoms with van der Waals surface area (Å²) in [6.07, 6.45) is 2.44. The zero-order valence-electron chi connectivity index (χ0n) is 28.1. The van der Waals surface area contributed by atoms with Crippen molar-refractivity contribution in [3.05, 3.63) is 40.2 Å². The minimum absolute atomic E-state index is 0.00667. The number of aryl methyl sites for hydroxylation is 1. The van der Waals surface area contributed by atoms with Gasteiger partial charge in [0.1, 0.15) is 0 Å². The van der Waals surface area contributed by atoms with Crippen molar-refractivity contribution < 1.29 is 54.3 Å². The monoisotopic (exact) mass is 830 g/mol. The van der Waals surface area contributed by atoms with Crippen molar-refractivity contribution in [1.82, 2.24) is 22.4 Å². The van der Waals surface area contributed by atoms with Crippen LogP contribution in [0.5, 0.6) is 0 Å². The number of carbonyl (C=O) groups excluding carboxylic acids is 1. The van der Waals surface area contributed by atoms with Gasteiger partial charge in [0.15, 0.2) is 0 Å². The van der Waals surface area contributed by atoms with Gasteiger partial charge in [0.05, 0.1) is 67.6 Å². The molecule has 280 valence electrons. The number of carboxylic acid groups (broad SMARTS) is 5. The number of amides is 1. The molecule has 0 bridgehead atoms. The maximum absolute atomic E-state index is 13.6. The zero-order valence-corrected chi connectivity index (χ0v) is 30.2. The lowest BCUT2D eigenvalue weighted by Gasteiger charge is -2.45. The first-order valence-electron chi connectivity index (χ1n) is 16.2. The molecule has 1 aliphatic carbocycles. The molecule has 0 radical (unpaired) electrons. The molecule has 1 fully saturated rings. The summed E-state index contributed by atoms with van der Waals surface area (Å²) in [4.78, 5) is 89.6. The van der Waals surface area contributed by atoms with Crippen LogP contribution in [-0.2, 0) is 28.8 Å². The Morgan fingerprint density at radius 2 is 1.16 bits per heavy atom. The van der Waals surface area contributed by atoms with Crippen molar-refractivity contribution in [2.24, 2.45) is 0 Å². The number of fused-ring (bicyclic) bond motifs is 1. The Labute approximate surface area is 306 Å². The topological polar surface area (TPSA) is 251 Å². The lowest BCUT2D eigenvalue weighted by atomic mass is 9.87. The molecule has 0 aliphatic heterocycles. The van der Waals surface area contributed by atoms with Crippen molar-refractivity contribution >= 4 is 75.2 Å². The highest BCUT2D eigenvalue weighted by atomic mass is 127. The molecule has 2 atom stereocenters. The number of carbonyl (C=O) groups is 6. The number of rotatable bonds is 21. The van der Waals surface area contributed by atoms with Crippen molar-refractivity contribution in [3.8, 4) is 0 Å². The molecular formula is C32H43IN6O12. The van der Waals surface area contributed by atoms with Crippen LogP contribution in [0.3, 0.4) is 0 Å². The van der Waals surface area contributed by atoms with Crippen LogP contribution in [0.2, 0.25) is 0 Å². The summed E-state index contributed by atoms with van der Waals surface area (Å²) in [6.45, 7) is -1.21. The van der Waals surface area contributed by atoms with E-state index in [2.05, 4.69) is 5.32 Å². The Bertz CT molecular complexity index is 1640. The molecule has 2 aromatic rings. The second-order valence-corrected chi connectivity index (χ2v) is 13.4. The van der Waals surface area contributed by atoms with Crippen LogP contribution in [0.1, 0.15) is 31.2 Å². The Morgan fingerprint density at radius 1 is 0.706 bits per heavy atom. The molecule has 19 heteroatoms. The highest BCUT2D eigenvalue weighted by molar-refractivity contribution is 14.1. The minimum Gasteiger partial charge on any atom is -0.480 e. The summed E-state index contributed by atoms with van der Waals surface area (Å²) in [5, 5.41) is 50.8. The summed E-state index contributed by atoms with van der Waals surface area (Å²) >= 11 is 1.88. The summed E-state index contributed by atoms with van der Waals surface area (Å²) in [7, 11) is 0. The number of benzene rings is 1. The number of nitrogens with zero attached hydrogens (tertiary/aromatic N) is 5. The van der Waals surface area contributed by atoms with Gasteiger partial charge >= 0.3 is 29.8 Å². The van der Waals surface area contributed by atoms with Crippen LogP contribution in [-0.4, -0.2) is 161 Å². The molecule has 3 rings (SSSR count). The highest BCUT2D eigenvalue weighted by Gasteiger charge is 2.36. The SMILES string of the molecule is Cc1cc(=O)n(I)c2cc(NC(=O)CN(CCN(CC(=O)O)CC(=O)O)[C@H]3CCCC[C@@H]3N(CCN(CC(=O)O)CC(=O)O)CC(=O)O)ccc12. The highest BCUT2D eigenvalue weighted by Crippen LogP contribution is 2.28. The van der Waals surface area contributed by atoms with Gasteiger partial charge in [-0.3, -0.25) is 53.2 Å².